The predicted molar refractivity (Wildman–Crippen MR) is 100 cm³/mol. The van der Waals surface area contributed by atoms with Gasteiger partial charge in [-0.2, -0.15) is 4.31 Å². The minimum Gasteiger partial charge on any atom is -0.267 e. The van der Waals surface area contributed by atoms with Crippen molar-refractivity contribution in [2.24, 2.45) is 0 Å². The molecule has 0 bridgehead atoms. The van der Waals surface area contributed by atoms with Crippen molar-refractivity contribution in [2.45, 2.75) is 24.2 Å². The molecule has 2 amide bonds. The van der Waals surface area contributed by atoms with E-state index in [1.165, 1.54) is 16.4 Å². The molecule has 0 atom stereocenters. The molecular weight excluding hydrogens is 404 g/mol. The van der Waals surface area contributed by atoms with Gasteiger partial charge in [0.25, 0.3) is 11.8 Å². The van der Waals surface area contributed by atoms with E-state index < -0.39 is 38.4 Å². The molecule has 3 rings (SSSR count). The van der Waals surface area contributed by atoms with Crippen LogP contribution in [0.25, 0.3) is 0 Å². The Kier molecular flexibility index (Phi) is 6.23. The van der Waals surface area contributed by atoms with Crippen LogP contribution >= 0.6 is 0 Å². The van der Waals surface area contributed by atoms with Crippen LogP contribution in [0.2, 0.25) is 0 Å². The Morgan fingerprint density at radius 1 is 0.828 bits per heavy atom. The number of nitrogens with zero attached hydrogens (tertiary/aromatic N) is 1. The van der Waals surface area contributed by atoms with Crippen LogP contribution in [0.1, 0.15) is 40.0 Å². The number of hydrazine groups is 1. The van der Waals surface area contributed by atoms with E-state index in [0.717, 1.165) is 36.8 Å². The van der Waals surface area contributed by atoms with Crippen molar-refractivity contribution in [1.82, 2.24) is 15.2 Å². The van der Waals surface area contributed by atoms with Gasteiger partial charge in [0.05, 0.1) is 0 Å². The molecule has 0 saturated carbocycles. The molecule has 2 aromatic carbocycles. The fraction of sp³-hybridized carbons (Fsp3) is 0.263. The summed E-state index contributed by atoms with van der Waals surface area (Å²) in [7, 11) is -4.07. The molecule has 10 heteroatoms. The first-order chi connectivity index (χ1) is 13.8. The third-order valence-electron chi connectivity index (χ3n) is 4.52. The summed E-state index contributed by atoms with van der Waals surface area (Å²) in [6.45, 7) is 0.595. The molecule has 0 aromatic heterocycles. The Morgan fingerprint density at radius 2 is 1.38 bits per heavy atom. The van der Waals surface area contributed by atoms with Crippen molar-refractivity contribution in [3.63, 3.8) is 0 Å². The molecular formula is C19H19F2N3O4S. The van der Waals surface area contributed by atoms with Crippen LogP contribution in [-0.2, 0) is 10.0 Å². The largest absolute Gasteiger partial charge is 0.269 e. The number of hydrogen-bond donors (Lipinski definition) is 2. The maximum absolute atomic E-state index is 14.2. The maximum Gasteiger partial charge on any atom is 0.269 e. The average molecular weight is 423 g/mol. The van der Waals surface area contributed by atoms with Crippen LogP contribution in [-0.4, -0.2) is 37.6 Å². The lowest BCUT2D eigenvalue weighted by Crippen LogP contribution is -2.41. The average Bonchev–Trinajstić information content (AvgIpc) is 2.73. The topological polar surface area (TPSA) is 95.6 Å². The van der Waals surface area contributed by atoms with Gasteiger partial charge in [-0.1, -0.05) is 6.42 Å². The van der Waals surface area contributed by atoms with Gasteiger partial charge in [0, 0.05) is 24.2 Å². The van der Waals surface area contributed by atoms with E-state index in [2.05, 4.69) is 10.9 Å². The van der Waals surface area contributed by atoms with E-state index in [-0.39, 0.29) is 11.1 Å². The number of piperidine rings is 1. The van der Waals surface area contributed by atoms with Gasteiger partial charge in [-0.05, 0) is 55.3 Å². The van der Waals surface area contributed by atoms with E-state index >= 15 is 0 Å². The highest BCUT2D eigenvalue weighted by Crippen LogP contribution is 2.24. The van der Waals surface area contributed by atoms with Crippen molar-refractivity contribution in [2.75, 3.05) is 13.1 Å². The first-order valence-electron chi connectivity index (χ1n) is 8.95. The summed E-state index contributed by atoms with van der Waals surface area (Å²) in [5.41, 5.74) is 4.24. The predicted octanol–water partition coefficient (Wildman–Crippen LogP) is 2.21. The second-order valence-corrected chi connectivity index (χ2v) is 8.43. The van der Waals surface area contributed by atoms with E-state index in [4.69, 9.17) is 0 Å². The Bertz CT molecular complexity index is 1020. The monoisotopic (exact) mass is 423 g/mol. The standard InChI is InChI=1S/C19H19F2N3O4S/c20-15-7-4-13(5-8-15)18(25)22-23-19(26)14-6-9-16(21)17(12-14)29(27,28)24-10-2-1-3-11-24/h4-9,12H,1-3,10-11H2,(H,22,25)(H,23,26). The molecule has 29 heavy (non-hydrogen) atoms. The maximum atomic E-state index is 14.2. The molecule has 2 aromatic rings. The van der Waals surface area contributed by atoms with Crippen LogP contribution in [0, 0.1) is 11.6 Å². The number of sulfonamides is 1. The van der Waals surface area contributed by atoms with E-state index in [0.29, 0.717) is 25.9 Å². The molecule has 0 aliphatic carbocycles. The highest BCUT2D eigenvalue weighted by atomic mass is 32.2. The number of amides is 2. The quantitative estimate of drug-likeness (QED) is 0.737. The minimum absolute atomic E-state index is 0.110. The molecule has 0 unspecified atom stereocenters. The van der Waals surface area contributed by atoms with Gasteiger partial charge in [0.2, 0.25) is 10.0 Å². The first kappa shape index (κ1) is 20.9. The van der Waals surface area contributed by atoms with Gasteiger partial charge in [-0.15, -0.1) is 0 Å². The smallest absolute Gasteiger partial charge is 0.267 e. The zero-order chi connectivity index (χ0) is 21.0. The normalized spacial score (nSPS) is 15.0. The van der Waals surface area contributed by atoms with Gasteiger partial charge in [0.1, 0.15) is 16.5 Å². The second kappa shape index (κ2) is 8.66. The molecule has 1 aliphatic rings. The molecule has 7 nitrogen and oxygen atoms in total. The summed E-state index contributed by atoms with van der Waals surface area (Å²) < 4.78 is 53.7. The van der Waals surface area contributed by atoms with Gasteiger partial charge < -0.3 is 0 Å². The Hall–Kier alpha value is -2.85. The van der Waals surface area contributed by atoms with Gasteiger partial charge in [0.15, 0.2) is 0 Å². The first-order valence-corrected chi connectivity index (χ1v) is 10.4. The van der Waals surface area contributed by atoms with Crippen LogP contribution in [0.15, 0.2) is 47.4 Å². The van der Waals surface area contributed by atoms with Crippen LogP contribution < -0.4 is 10.9 Å². The van der Waals surface area contributed by atoms with Crippen molar-refractivity contribution in [3.8, 4) is 0 Å². The lowest BCUT2D eigenvalue weighted by atomic mass is 10.2. The fourth-order valence-corrected chi connectivity index (χ4v) is 4.55. The summed E-state index contributed by atoms with van der Waals surface area (Å²) >= 11 is 0. The number of hydrogen-bond acceptors (Lipinski definition) is 4. The molecule has 0 radical (unpaired) electrons. The number of carbonyl (C=O) groups is 2. The van der Waals surface area contributed by atoms with Gasteiger partial charge in [-0.25, -0.2) is 17.2 Å². The summed E-state index contributed by atoms with van der Waals surface area (Å²) in [4.78, 5) is 23.7. The number of halogens is 2. The highest BCUT2D eigenvalue weighted by molar-refractivity contribution is 7.89. The summed E-state index contributed by atoms with van der Waals surface area (Å²) in [5, 5.41) is 0. The lowest BCUT2D eigenvalue weighted by molar-refractivity contribution is 0.0846. The Morgan fingerprint density at radius 3 is 2.00 bits per heavy atom. The Labute approximate surface area is 166 Å². The third-order valence-corrected chi connectivity index (χ3v) is 6.44. The lowest BCUT2D eigenvalue weighted by Gasteiger charge is -2.26. The van der Waals surface area contributed by atoms with E-state index in [1.807, 2.05) is 0 Å². The van der Waals surface area contributed by atoms with Crippen molar-refractivity contribution < 1.29 is 26.8 Å². The van der Waals surface area contributed by atoms with Crippen LogP contribution in [0.4, 0.5) is 8.78 Å². The molecule has 2 N–H and O–H groups in total. The Balaban J connectivity index is 1.73. The van der Waals surface area contributed by atoms with Gasteiger partial charge in [-0.3, -0.25) is 20.4 Å². The third kappa shape index (κ3) is 4.77. The fourth-order valence-electron chi connectivity index (χ4n) is 2.95. The molecule has 1 fully saturated rings. The molecule has 1 aliphatic heterocycles. The van der Waals surface area contributed by atoms with E-state index in [1.54, 1.807) is 0 Å². The van der Waals surface area contributed by atoms with Crippen molar-refractivity contribution >= 4 is 21.8 Å². The number of benzene rings is 2. The van der Waals surface area contributed by atoms with Crippen molar-refractivity contribution in [3.05, 3.63) is 65.2 Å². The molecule has 1 heterocycles. The highest BCUT2D eigenvalue weighted by Gasteiger charge is 2.29. The minimum atomic E-state index is -4.07. The summed E-state index contributed by atoms with van der Waals surface area (Å²) in [6, 6.07) is 7.61. The van der Waals surface area contributed by atoms with Gasteiger partial charge >= 0.3 is 0 Å². The van der Waals surface area contributed by atoms with Crippen LogP contribution in [0.5, 0.6) is 0 Å². The molecule has 0 spiro atoms. The zero-order valence-corrected chi connectivity index (χ0v) is 16.1. The summed E-state index contributed by atoms with van der Waals surface area (Å²) in [5.74, 6) is -2.99. The second-order valence-electron chi connectivity index (χ2n) is 6.53. The van der Waals surface area contributed by atoms with E-state index in [9.17, 15) is 26.8 Å². The number of carbonyl (C=O) groups excluding carboxylic acids is 2. The summed E-state index contributed by atoms with van der Waals surface area (Å²) in [6.07, 6.45) is 2.29. The van der Waals surface area contributed by atoms with Crippen LogP contribution in [0.3, 0.4) is 0 Å². The molecule has 1 saturated heterocycles. The number of rotatable bonds is 4. The SMILES string of the molecule is O=C(NNC(=O)c1ccc(F)c(S(=O)(=O)N2CCCCC2)c1)c1ccc(F)cc1. The zero-order valence-electron chi connectivity index (χ0n) is 15.3. The van der Waals surface area contributed by atoms with Crippen molar-refractivity contribution in [1.29, 1.82) is 0 Å². The number of nitrogens with one attached hydrogen (secondary N) is 2. The molecule has 154 valence electrons.